The van der Waals surface area contributed by atoms with Crippen molar-refractivity contribution in [2.45, 2.75) is 0 Å². The fourth-order valence-electron chi connectivity index (χ4n) is 3.31. The zero-order chi connectivity index (χ0) is 24.2. The third kappa shape index (κ3) is 4.61. The number of ether oxygens (including phenoxy) is 5. The first kappa shape index (κ1) is 22.6. The van der Waals surface area contributed by atoms with Crippen molar-refractivity contribution in [3.8, 4) is 23.0 Å². The van der Waals surface area contributed by atoms with Gasteiger partial charge in [-0.05, 0) is 48.0 Å². The van der Waals surface area contributed by atoms with E-state index in [1.165, 1.54) is 51.7 Å². The third-order valence-electron chi connectivity index (χ3n) is 5.07. The van der Waals surface area contributed by atoms with Crippen LogP contribution in [0.15, 0.2) is 66.4 Å². The zero-order valence-electron chi connectivity index (χ0n) is 18.6. The van der Waals surface area contributed by atoms with Gasteiger partial charge in [-0.25, -0.2) is 9.59 Å². The van der Waals surface area contributed by atoms with E-state index in [1.807, 2.05) is 0 Å². The average Bonchev–Trinajstić information content (AvgIpc) is 3.17. The van der Waals surface area contributed by atoms with Gasteiger partial charge in [0.1, 0.15) is 23.0 Å². The SMILES string of the molecule is COC(=O)c1ccc(/C=C2\Oc3cc(OC(=O)c4cc(OC)cc(OC)c4)ccc3C2=O)cc1. The van der Waals surface area contributed by atoms with Crippen LogP contribution in [0.5, 0.6) is 23.0 Å². The molecule has 1 aliphatic rings. The Morgan fingerprint density at radius 3 is 2.06 bits per heavy atom. The molecule has 0 amide bonds. The van der Waals surface area contributed by atoms with Crippen LogP contribution in [0, 0.1) is 0 Å². The van der Waals surface area contributed by atoms with Gasteiger partial charge in [-0.2, -0.15) is 0 Å². The predicted octanol–water partition coefficient (Wildman–Crippen LogP) is 4.33. The first-order valence-electron chi connectivity index (χ1n) is 10.1. The number of benzene rings is 3. The van der Waals surface area contributed by atoms with Crippen LogP contribution >= 0.6 is 0 Å². The minimum atomic E-state index is -0.622. The second-order valence-electron chi connectivity index (χ2n) is 7.20. The van der Waals surface area contributed by atoms with Crippen molar-refractivity contribution >= 4 is 23.8 Å². The second-order valence-corrected chi connectivity index (χ2v) is 7.20. The molecule has 0 atom stereocenters. The molecular formula is C26H20O8. The number of methoxy groups -OCH3 is 3. The van der Waals surface area contributed by atoms with Gasteiger partial charge in [-0.1, -0.05) is 12.1 Å². The van der Waals surface area contributed by atoms with Crippen LogP contribution in [0.4, 0.5) is 0 Å². The first-order chi connectivity index (χ1) is 16.4. The number of fused-ring (bicyclic) bond motifs is 1. The molecule has 0 aromatic heterocycles. The van der Waals surface area contributed by atoms with Crippen molar-refractivity contribution in [2.24, 2.45) is 0 Å². The molecule has 1 heterocycles. The lowest BCUT2D eigenvalue weighted by molar-refractivity contribution is 0.0600. The van der Waals surface area contributed by atoms with Crippen LogP contribution in [0.25, 0.3) is 6.08 Å². The summed E-state index contributed by atoms with van der Waals surface area (Å²) in [5.41, 5.74) is 1.65. The number of ketones is 1. The minimum absolute atomic E-state index is 0.113. The van der Waals surface area contributed by atoms with Gasteiger partial charge in [0.2, 0.25) is 5.78 Å². The summed E-state index contributed by atoms with van der Waals surface area (Å²) in [6, 6.07) is 15.8. The molecule has 4 rings (SSSR count). The Balaban J connectivity index is 1.52. The lowest BCUT2D eigenvalue weighted by atomic mass is 10.1. The summed E-state index contributed by atoms with van der Waals surface area (Å²) in [4.78, 5) is 36.9. The molecular weight excluding hydrogens is 440 g/mol. The third-order valence-corrected chi connectivity index (χ3v) is 5.07. The summed E-state index contributed by atoms with van der Waals surface area (Å²) in [5.74, 6) is 0.117. The van der Waals surface area contributed by atoms with Gasteiger partial charge in [0.05, 0.1) is 38.0 Å². The molecule has 0 aliphatic carbocycles. The lowest BCUT2D eigenvalue weighted by Crippen LogP contribution is -2.09. The number of rotatable bonds is 6. The van der Waals surface area contributed by atoms with Crippen molar-refractivity contribution in [2.75, 3.05) is 21.3 Å². The van der Waals surface area contributed by atoms with Crippen molar-refractivity contribution in [1.82, 2.24) is 0 Å². The van der Waals surface area contributed by atoms with Crippen LogP contribution in [0.1, 0.15) is 36.6 Å². The summed E-state index contributed by atoms with van der Waals surface area (Å²) in [6.07, 6.45) is 1.57. The number of carbonyl (C=O) groups excluding carboxylic acids is 3. The molecule has 3 aromatic carbocycles. The van der Waals surface area contributed by atoms with Crippen LogP contribution in [0.3, 0.4) is 0 Å². The fraction of sp³-hybridized carbons (Fsp3) is 0.115. The van der Waals surface area contributed by atoms with E-state index in [0.717, 1.165) is 0 Å². The maximum absolute atomic E-state index is 12.7. The molecule has 34 heavy (non-hydrogen) atoms. The molecule has 0 N–H and O–H groups in total. The number of hydrogen-bond acceptors (Lipinski definition) is 8. The molecule has 1 aliphatic heterocycles. The molecule has 8 nitrogen and oxygen atoms in total. The van der Waals surface area contributed by atoms with Crippen LogP contribution in [0.2, 0.25) is 0 Å². The Hall–Kier alpha value is -4.59. The number of allylic oxidation sites excluding steroid dienone is 1. The Bertz CT molecular complexity index is 1280. The number of carbonyl (C=O) groups is 3. The highest BCUT2D eigenvalue weighted by Gasteiger charge is 2.28. The van der Waals surface area contributed by atoms with Crippen molar-refractivity contribution in [3.05, 3.63) is 88.7 Å². The monoisotopic (exact) mass is 460 g/mol. The Kier molecular flexibility index (Phi) is 6.31. The molecule has 0 fully saturated rings. The van der Waals surface area contributed by atoms with Crippen molar-refractivity contribution in [3.63, 3.8) is 0 Å². The first-order valence-corrected chi connectivity index (χ1v) is 10.1. The Morgan fingerprint density at radius 1 is 0.765 bits per heavy atom. The van der Waals surface area contributed by atoms with E-state index >= 15 is 0 Å². The lowest BCUT2D eigenvalue weighted by Gasteiger charge is -2.09. The highest BCUT2D eigenvalue weighted by atomic mass is 16.5. The quantitative estimate of drug-likeness (QED) is 0.305. The van der Waals surface area contributed by atoms with Crippen molar-refractivity contribution in [1.29, 1.82) is 0 Å². The van der Waals surface area contributed by atoms with E-state index in [9.17, 15) is 14.4 Å². The normalized spacial score (nSPS) is 13.1. The molecule has 3 aromatic rings. The molecule has 0 spiro atoms. The highest BCUT2D eigenvalue weighted by Crippen LogP contribution is 2.35. The van der Waals surface area contributed by atoms with Crippen molar-refractivity contribution < 1.29 is 38.1 Å². The maximum atomic E-state index is 12.7. The Labute approximate surface area is 195 Å². The second kappa shape index (κ2) is 9.50. The topological polar surface area (TPSA) is 97.4 Å². The minimum Gasteiger partial charge on any atom is -0.497 e. The summed E-state index contributed by atoms with van der Waals surface area (Å²) >= 11 is 0. The van der Waals surface area contributed by atoms with Crippen LogP contribution < -0.4 is 18.9 Å². The summed E-state index contributed by atoms with van der Waals surface area (Å²) in [6.45, 7) is 0. The predicted molar refractivity (Wildman–Crippen MR) is 122 cm³/mol. The van der Waals surface area contributed by atoms with E-state index in [4.69, 9.17) is 18.9 Å². The van der Waals surface area contributed by atoms with E-state index in [1.54, 1.807) is 36.4 Å². The fourth-order valence-corrected chi connectivity index (χ4v) is 3.31. The van der Waals surface area contributed by atoms with Gasteiger partial charge in [-0.3, -0.25) is 4.79 Å². The largest absolute Gasteiger partial charge is 0.497 e. The van der Waals surface area contributed by atoms with Gasteiger partial charge >= 0.3 is 11.9 Å². The van der Waals surface area contributed by atoms with E-state index in [0.29, 0.717) is 28.2 Å². The van der Waals surface area contributed by atoms with E-state index < -0.39 is 11.9 Å². The molecule has 172 valence electrons. The molecule has 8 heteroatoms. The van der Waals surface area contributed by atoms with Gasteiger partial charge in [0.15, 0.2) is 5.76 Å². The maximum Gasteiger partial charge on any atom is 0.343 e. The van der Waals surface area contributed by atoms with Gasteiger partial charge < -0.3 is 23.7 Å². The summed E-state index contributed by atoms with van der Waals surface area (Å²) in [7, 11) is 4.27. The highest BCUT2D eigenvalue weighted by molar-refractivity contribution is 6.14. The van der Waals surface area contributed by atoms with Crippen LogP contribution in [-0.4, -0.2) is 39.1 Å². The summed E-state index contributed by atoms with van der Waals surface area (Å²) < 4.78 is 26.2. The molecule has 0 saturated carbocycles. The van der Waals surface area contributed by atoms with E-state index in [-0.39, 0.29) is 28.6 Å². The van der Waals surface area contributed by atoms with Gasteiger partial charge in [0, 0.05) is 12.1 Å². The summed E-state index contributed by atoms with van der Waals surface area (Å²) in [5, 5.41) is 0. The smallest absolute Gasteiger partial charge is 0.343 e. The Morgan fingerprint density at radius 2 is 1.44 bits per heavy atom. The van der Waals surface area contributed by atoms with E-state index in [2.05, 4.69) is 4.74 Å². The van der Waals surface area contributed by atoms with Gasteiger partial charge in [0.25, 0.3) is 0 Å². The molecule has 0 unspecified atom stereocenters. The number of Topliss-reactive ketones (excluding diaryl/α,β-unsaturated/α-hetero) is 1. The molecule has 0 saturated heterocycles. The molecule has 0 bridgehead atoms. The average molecular weight is 460 g/mol. The number of hydrogen-bond donors (Lipinski definition) is 0. The molecule has 0 radical (unpaired) electrons. The number of esters is 2. The van der Waals surface area contributed by atoms with Gasteiger partial charge in [-0.15, -0.1) is 0 Å². The van der Waals surface area contributed by atoms with Crippen LogP contribution in [-0.2, 0) is 4.74 Å². The zero-order valence-corrected chi connectivity index (χ0v) is 18.6. The standard InChI is InChI=1S/C26H20O8/c1-30-19-11-17(12-20(13-19)31-2)26(29)33-18-8-9-21-22(14-18)34-23(24(21)27)10-15-4-6-16(7-5-15)25(28)32-3/h4-14H,1-3H3/b23-10-.